The Balaban J connectivity index is 1.48. The zero-order chi connectivity index (χ0) is 12.4. The van der Waals surface area contributed by atoms with Crippen LogP contribution in [0.5, 0.6) is 0 Å². The molecule has 0 radical (unpaired) electrons. The average Bonchev–Trinajstić information content (AvgIpc) is 3.02. The lowest BCUT2D eigenvalue weighted by Gasteiger charge is -2.33. The van der Waals surface area contributed by atoms with E-state index < -0.39 is 0 Å². The number of hydrogen-bond acceptors (Lipinski definition) is 3. The molecule has 3 fully saturated rings. The normalized spacial score (nSPS) is 41.2. The van der Waals surface area contributed by atoms with E-state index in [2.05, 4.69) is 17.1 Å². The van der Waals surface area contributed by atoms with Gasteiger partial charge in [-0.3, -0.25) is 4.90 Å². The summed E-state index contributed by atoms with van der Waals surface area (Å²) < 4.78 is 5.79. The Morgan fingerprint density at radius 1 is 1.17 bits per heavy atom. The first-order valence-electron chi connectivity index (χ1n) is 7.97. The van der Waals surface area contributed by atoms with Crippen LogP contribution in [0, 0.1) is 5.92 Å². The van der Waals surface area contributed by atoms with Gasteiger partial charge in [0, 0.05) is 31.8 Å². The van der Waals surface area contributed by atoms with Crippen molar-refractivity contribution in [3.05, 3.63) is 0 Å². The number of ether oxygens (including phenoxy) is 1. The van der Waals surface area contributed by atoms with Crippen molar-refractivity contribution in [1.82, 2.24) is 10.2 Å². The number of nitrogens with zero attached hydrogens (tertiary/aromatic N) is 1. The van der Waals surface area contributed by atoms with E-state index in [1.54, 1.807) is 0 Å². The zero-order valence-electron chi connectivity index (χ0n) is 11.7. The maximum atomic E-state index is 5.79. The summed E-state index contributed by atoms with van der Waals surface area (Å²) in [5, 5.41) is 3.87. The molecule has 3 nitrogen and oxygen atoms in total. The van der Waals surface area contributed by atoms with Crippen LogP contribution < -0.4 is 5.32 Å². The molecule has 0 saturated carbocycles. The number of nitrogens with one attached hydrogen (secondary N) is 1. The third-order valence-electron chi connectivity index (χ3n) is 5.25. The van der Waals surface area contributed by atoms with Gasteiger partial charge in [-0.25, -0.2) is 0 Å². The molecule has 3 heterocycles. The Morgan fingerprint density at radius 3 is 3.00 bits per heavy atom. The van der Waals surface area contributed by atoms with Gasteiger partial charge in [0.05, 0.1) is 6.10 Å². The fraction of sp³-hybridized carbons (Fsp3) is 1.00. The van der Waals surface area contributed by atoms with Crippen LogP contribution >= 0.6 is 0 Å². The maximum Gasteiger partial charge on any atom is 0.0613 e. The molecule has 0 amide bonds. The van der Waals surface area contributed by atoms with Gasteiger partial charge < -0.3 is 10.1 Å². The van der Waals surface area contributed by atoms with Crippen molar-refractivity contribution in [2.24, 2.45) is 5.92 Å². The Bertz CT molecular complexity index is 271. The van der Waals surface area contributed by atoms with Crippen LogP contribution in [0.4, 0.5) is 0 Å². The molecule has 3 heteroatoms. The molecule has 1 N–H and O–H groups in total. The molecule has 0 aliphatic carbocycles. The van der Waals surface area contributed by atoms with Gasteiger partial charge in [0.2, 0.25) is 0 Å². The van der Waals surface area contributed by atoms with Crippen LogP contribution in [-0.4, -0.2) is 49.3 Å². The molecular formula is C15H28N2O. The number of piperidine rings is 1. The molecule has 104 valence electrons. The van der Waals surface area contributed by atoms with E-state index in [9.17, 15) is 0 Å². The molecule has 0 bridgehead atoms. The lowest BCUT2D eigenvalue weighted by Crippen LogP contribution is -2.46. The van der Waals surface area contributed by atoms with E-state index in [-0.39, 0.29) is 0 Å². The highest BCUT2D eigenvalue weighted by molar-refractivity contribution is 4.94. The first kappa shape index (κ1) is 12.9. The fourth-order valence-electron chi connectivity index (χ4n) is 4.17. The van der Waals surface area contributed by atoms with Crippen LogP contribution in [-0.2, 0) is 4.74 Å². The van der Waals surface area contributed by atoms with Crippen LogP contribution in [0.2, 0.25) is 0 Å². The highest BCUT2D eigenvalue weighted by Gasteiger charge is 2.36. The molecule has 3 aliphatic heterocycles. The summed E-state index contributed by atoms with van der Waals surface area (Å²) in [6, 6.07) is 1.59. The zero-order valence-corrected chi connectivity index (χ0v) is 11.7. The van der Waals surface area contributed by atoms with Crippen LogP contribution in [0.3, 0.4) is 0 Å². The van der Waals surface area contributed by atoms with Crippen molar-refractivity contribution in [3.8, 4) is 0 Å². The van der Waals surface area contributed by atoms with Gasteiger partial charge >= 0.3 is 0 Å². The summed E-state index contributed by atoms with van der Waals surface area (Å²) >= 11 is 0. The molecule has 4 unspecified atom stereocenters. The van der Waals surface area contributed by atoms with Crippen molar-refractivity contribution < 1.29 is 4.74 Å². The first-order chi connectivity index (χ1) is 8.88. The van der Waals surface area contributed by atoms with Gasteiger partial charge in [0.25, 0.3) is 0 Å². The first-order valence-corrected chi connectivity index (χ1v) is 7.97. The van der Waals surface area contributed by atoms with Crippen molar-refractivity contribution in [3.63, 3.8) is 0 Å². The predicted octanol–water partition coefficient (Wildman–Crippen LogP) is 2.02. The molecule has 0 aromatic carbocycles. The molecular weight excluding hydrogens is 224 g/mol. The quantitative estimate of drug-likeness (QED) is 0.828. The molecule has 0 spiro atoms. The number of fused-ring (bicyclic) bond motifs is 1. The summed E-state index contributed by atoms with van der Waals surface area (Å²) in [6.45, 7) is 7.06. The summed E-state index contributed by atoms with van der Waals surface area (Å²) in [5.41, 5.74) is 0. The van der Waals surface area contributed by atoms with Gasteiger partial charge in [-0.15, -0.1) is 0 Å². The summed E-state index contributed by atoms with van der Waals surface area (Å²) in [4.78, 5) is 2.71. The van der Waals surface area contributed by atoms with Gasteiger partial charge in [-0.05, 0) is 44.6 Å². The minimum absolute atomic E-state index is 0.515. The number of rotatable bonds is 4. The standard InChI is InChI=1S/C15H28N2O/c1-2-15-12(7-10-18-15)11-16-13-6-9-17-8-4-3-5-14(13)17/h12-16H,2-11H2,1H3. The number of hydrogen-bond donors (Lipinski definition) is 1. The third-order valence-corrected chi connectivity index (χ3v) is 5.25. The molecule has 4 atom stereocenters. The summed E-state index contributed by atoms with van der Waals surface area (Å²) in [7, 11) is 0. The molecule has 3 saturated heterocycles. The average molecular weight is 252 g/mol. The minimum atomic E-state index is 0.515. The fourth-order valence-corrected chi connectivity index (χ4v) is 4.17. The second-order valence-electron chi connectivity index (χ2n) is 6.27. The molecule has 0 aromatic heterocycles. The van der Waals surface area contributed by atoms with Crippen molar-refractivity contribution in [2.45, 2.75) is 63.6 Å². The SMILES string of the molecule is CCC1OCCC1CNC1CCN2CCCCC12. The van der Waals surface area contributed by atoms with Crippen molar-refractivity contribution >= 4 is 0 Å². The third kappa shape index (κ3) is 2.59. The Hall–Kier alpha value is -0.120. The Morgan fingerprint density at radius 2 is 2.11 bits per heavy atom. The lowest BCUT2D eigenvalue weighted by molar-refractivity contribution is 0.0857. The lowest BCUT2D eigenvalue weighted by atomic mass is 9.96. The molecule has 3 rings (SSSR count). The second-order valence-corrected chi connectivity index (χ2v) is 6.27. The van der Waals surface area contributed by atoms with Crippen molar-refractivity contribution in [2.75, 3.05) is 26.2 Å². The summed E-state index contributed by atoms with van der Waals surface area (Å²) in [5.74, 6) is 0.757. The molecule has 3 aliphatic rings. The molecule has 0 aromatic rings. The topological polar surface area (TPSA) is 24.5 Å². The van der Waals surface area contributed by atoms with E-state index in [4.69, 9.17) is 4.74 Å². The maximum absolute atomic E-state index is 5.79. The van der Waals surface area contributed by atoms with Crippen LogP contribution in [0.1, 0.15) is 45.4 Å². The van der Waals surface area contributed by atoms with E-state index in [0.717, 1.165) is 24.6 Å². The monoisotopic (exact) mass is 252 g/mol. The highest BCUT2D eigenvalue weighted by Crippen LogP contribution is 2.28. The van der Waals surface area contributed by atoms with Gasteiger partial charge in [-0.1, -0.05) is 13.3 Å². The van der Waals surface area contributed by atoms with E-state index in [1.807, 2.05) is 0 Å². The second kappa shape index (κ2) is 5.89. The van der Waals surface area contributed by atoms with Gasteiger partial charge in [-0.2, -0.15) is 0 Å². The minimum Gasteiger partial charge on any atom is -0.378 e. The van der Waals surface area contributed by atoms with E-state index in [1.165, 1.54) is 58.2 Å². The molecule has 18 heavy (non-hydrogen) atoms. The van der Waals surface area contributed by atoms with Crippen molar-refractivity contribution in [1.29, 1.82) is 0 Å². The Kier molecular flexibility index (Phi) is 4.22. The van der Waals surface area contributed by atoms with E-state index >= 15 is 0 Å². The smallest absolute Gasteiger partial charge is 0.0613 e. The largest absolute Gasteiger partial charge is 0.378 e. The van der Waals surface area contributed by atoms with Crippen LogP contribution in [0.15, 0.2) is 0 Å². The van der Waals surface area contributed by atoms with E-state index in [0.29, 0.717) is 6.10 Å². The van der Waals surface area contributed by atoms with Crippen LogP contribution in [0.25, 0.3) is 0 Å². The highest BCUT2D eigenvalue weighted by atomic mass is 16.5. The van der Waals surface area contributed by atoms with Gasteiger partial charge in [0.1, 0.15) is 0 Å². The van der Waals surface area contributed by atoms with Gasteiger partial charge in [0.15, 0.2) is 0 Å². The Labute approximate surface area is 111 Å². The summed E-state index contributed by atoms with van der Waals surface area (Å²) in [6.07, 6.45) is 8.56. The predicted molar refractivity (Wildman–Crippen MR) is 73.8 cm³/mol.